The van der Waals surface area contributed by atoms with Crippen LogP contribution < -0.4 is 5.32 Å². The highest BCUT2D eigenvalue weighted by atomic mass is 32.2. The first-order valence-corrected chi connectivity index (χ1v) is 10.3. The van der Waals surface area contributed by atoms with Crippen LogP contribution >= 0.6 is 11.8 Å². The second-order valence-corrected chi connectivity index (χ2v) is 7.59. The third-order valence-corrected chi connectivity index (χ3v) is 5.61. The number of hydrogen-bond donors (Lipinski definition) is 1. The Bertz CT molecular complexity index is 695. The fourth-order valence-electron chi connectivity index (χ4n) is 3.35. The van der Waals surface area contributed by atoms with Crippen LogP contribution in [0.25, 0.3) is 0 Å². The highest BCUT2D eigenvalue weighted by molar-refractivity contribution is 7.98. The van der Waals surface area contributed by atoms with Crippen LogP contribution in [0, 0.1) is 0 Å². The van der Waals surface area contributed by atoms with Crippen LogP contribution in [0.2, 0.25) is 0 Å². The van der Waals surface area contributed by atoms with E-state index >= 15 is 0 Å². The molecule has 2 heterocycles. The van der Waals surface area contributed by atoms with E-state index in [-0.39, 0.29) is 36.7 Å². The van der Waals surface area contributed by atoms with Gasteiger partial charge < -0.3 is 19.9 Å². The van der Waals surface area contributed by atoms with Gasteiger partial charge in [-0.25, -0.2) is 0 Å². The number of carbonyl (C=O) groups excluding carboxylic acids is 3. The van der Waals surface area contributed by atoms with Gasteiger partial charge in [0.15, 0.2) is 0 Å². The lowest BCUT2D eigenvalue weighted by Gasteiger charge is -2.37. The number of nitrogens with one attached hydrogen (secondary N) is 1. The average molecular weight is 391 g/mol. The number of benzene rings is 1. The molecule has 2 aliphatic heterocycles. The van der Waals surface area contributed by atoms with Crippen molar-refractivity contribution in [2.24, 2.45) is 0 Å². The highest BCUT2D eigenvalue weighted by Crippen LogP contribution is 2.18. The van der Waals surface area contributed by atoms with E-state index in [1.54, 1.807) is 21.6 Å². The standard InChI is InChI=1S/C19H25N3O4S/c1-27-16-4-2-14(3-5-16)10-19(25)22-8-9-26-13-15(22)11-18(24)21-7-6-20-17(23)12-21/h2-5,15H,6-13H2,1H3,(H,20,23)/t15-/m0/s1. The number of amides is 3. The molecule has 0 aromatic heterocycles. The summed E-state index contributed by atoms with van der Waals surface area (Å²) < 4.78 is 5.51. The minimum absolute atomic E-state index is 0.00406. The van der Waals surface area contributed by atoms with Crippen LogP contribution in [0.3, 0.4) is 0 Å². The van der Waals surface area contributed by atoms with Crippen molar-refractivity contribution in [1.29, 1.82) is 0 Å². The van der Waals surface area contributed by atoms with Crippen LogP contribution in [0.5, 0.6) is 0 Å². The number of morpholine rings is 1. The summed E-state index contributed by atoms with van der Waals surface area (Å²) in [5.41, 5.74) is 0.960. The normalized spacial score (nSPS) is 20.3. The summed E-state index contributed by atoms with van der Waals surface area (Å²) in [5.74, 6) is -0.247. The topological polar surface area (TPSA) is 79.0 Å². The highest BCUT2D eigenvalue weighted by Gasteiger charge is 2.31. The number of carbonyl (C=O) groups is 3. The van der Waals surface area contributed by atoms with Crippen molar-refractivity contribution in [1.82, 2.24) is 15.1 Å². The molecule has 8 heteroatoms. The SMILES string of the molecule is CSc1ccc(CC(=O)N2CCOC[C@@H]2CC(=O)N2CCNC(=O)C2)cc1. The van der Waals surface area contributed by atoms with Crippen molar-refractivity contribution in [3.05, 3.63) is 29.8 Å². The molecule has 0 aliphatic carbocycles. The van der Waals surface area contributed by atoms with E-state index in [1.807, 2.05) is 30.5 Å². The van der Waals surface area contributed by atoms with Gasteiger partial charge in [0, 0.05) is 31.0 Å². The van der Waals surface area contributed by atoms with Gasteiger partial charge in [0.25, 0.3) is 0 Å². The summed E-state index contributed by atoms with van der Waals surface area (Å²) in [4.78, 5) is 41.3. The molecule has 1 N–H and O–H groups in total. The van der Waals surface area contributed by atoms with Crippen LogP contribution in [0.15, 0.2) is 29.2 Å². The third kappa shape index (κ3) is 5.23. The summed E-state index contributed by atoms with van der Waals surface area (Å²) in [6.45, 7) is 2.38. The lowest BCUT2D eigenvalue weighted by atomic mass is 10.1. The Morgan fingerprint density at radius 3 is 2.70 bits per heavy atom. The van der Waals surface area contributed by atoms with Gasteiger partial charge >= 0.3 is 0 Å². The first kappa shape index (κ1) is 19.7. The number of thioether (sulfide) groups is 1. The largest absolute Gasteiger partial charge is 0.377 e. The summed E-state index contributed by atoms with van der Waals surface area (Å²) >= 11 is 1.66. The maximum Gasteiger partial charge on any atom is 0.239 e. The first-order chi connectivity index (χ1) is 13.1. The van der Waals surface area contributed by atoms with Gasteiger partial charge in [0.1, 0.15) is 0 Å². The molecule has 1 aromatic carbocycles. The maximum absolute atomic E-state index is 12.8. The van der Waals surface area contributed by atoms with Crippen molar-refractivity contribution < 1.29 is 19.1 Å². The van der Waals surface area contributed by atoms with Crippen LogP contribution in [0.4, 0.5) is 0 Å². The predicted molar refractivity (Wildman–Crippen MR) is 102 cm³/mol. The predicted octanol–water partition coefficient (Wildman–Crippen LogP) is 0.527. The number of nitrogens with zero attached hydrogens (tertiary/aromatic N) is 2. The summed E-state index contributed by atoms with van der Waals surface area (Å²) in [6.07, 6.45) is 2.51. The Morgan fingerprint density at radius 1 is 1.22 bits per heavy atom. The summed E-state index contributed by atoms with van der Waals surface area (Å²) in [7, 11) is 0. The zero-order valence-electron chi connectivity index (χ0n) is 15.5. The minimum atomic E-state index is -0.283. The number of rotatable bonds is 5. The van der Waals surface area contributed by atoms with Gasteiger partial charge in [-0.15, -0.1) is 11.8 Å². The van der Waals surface area contributed by atoms with E-state index in [0.29, 0.717) is 39.3 Å². The molecule has 2 fully saturated rings. The van der Waals surface area contributed by atoms with E-state index < -0.39 is 0 Å². The molecular weight excluding hydrogens is 366 g/mol. The fraction of sp³-hybridized carbons (Fsp3) is 0.526. The molecule has 7 nitrogen and oxygen atoms in total. The zero-order chi connectivity index (χ0) is 19.2. The van der Waals surface area contributed by atoms with Gasteiger partial charge in [-0.3, -0.25) is 14.4 Å². The molecule has 1 atom stereocenters. The molecule has 0 bridgehead atoms. The molecule has 0 saturated carbocycles. The monoisotopic (exact) mass is 391 g/mol. The molecule has 0 radical (unpaired) electrons. The summed E-state index contributed by atoms with van der Waals surface area (Å²) in [5, 5.41) is 2.71. The van der Waals surface area contributed by atoms with E-state index in [9.17, 15) is 14.4 Å². The molecular formula is C19H25N3O4S. The molecule has 0 spiro atoms. The lowest BCUT2D eigenvalue weighted by Crippen LogP contribution is -2.54. The van der Waals surface area contributed by atoms with Gasteiger partial charge in [-0.05, 0) is 24.0 Å². The summed E-state index contributed by atoms with van der Waals surface area (Å²) in [6, 6.07) is 7.67. The fourth-order valence-corrected chi connectivity index (χ4v) is 3.76. The molecule has 0 unspecified atom stereocenters. The van der Waals surface area contributed by atoms with E-state index in [1.165, 1.54) is 0 Å². The Labute approximate surface area is 163 Å². The molecule has 3 amide bonds. The Kier molecular flexibility index (Phi) is 6.73. The number of piperazine rings is 1. The Morgan fingerprint density at radius 2 is 2.00 bits per heavy atom. The molecule has 27 heavy (non-hydrogen) atoms. The molecule has 2 aliphatic rings. The average Bonchev–Trinajstić information content (AvgIpc) is 2.69. The molecule has 1 aromatic rings. The van der Waals surface area contributed by atoms with Crippen molar-refractivity contribution in [2.45, 2.75) is 23.8 Å². The molecule has 2 saturated heterocycles. The Hall–Kier alpha value is -2.06. The molecule has 3 rings (SSSR count). The third-order valence-electron chi connectivity index (χ3n) is 4.86. The Balaban J connectivity index is 1.60. The van der Waals surface area contributed by atoms with Crippen LogP contribution in [0.1, 0.15) is 12.0 Å². The van der Waals surface area contributed by atoms with Crippen molar-refractivity contribution in [3.8, 4) is 0 Å². The second kappa shape index (κ2) is 9.23. The quantitative estimate of drug-likeness (QED) is 0.741. The zero-order valence-corrected chi connectivity index (χ0v) is 16.3. The van der Waals surface area contributed by atoms with Crippen LogP contribution in [-0.4, -0.2) is 79.2 Å². The van der Waals surface area contributed by atoms with Gasteiger partial charge in [-0.1, -0.05) is 12.1 Å². The van der Waals surface area contributed by atoms with Gasteiger partial charge in [-0.2, -0.15) is 0 Å². The smallest absolute Gasteiger partial charge is 0.239 e. The van der Waals surface area contributed by atoms with Crippen LogP contribution in [-0.2, 0) is 25.5 Å². The molecule has 146 valence electrons. The van der Waals surface area contributed by atoms with Gasteiger partial charge in [0.2, 0.25) is 17.7 Å². The van der Waals surface area contributed by atoms with Crippen molar-refractivity contribution in [2.75, 3.05) is 45.6 Å². The van der Waals surface area contributed by atoms with E-state index in [4.69, 9.17) is 4.74 Å². The maximum atomic E-state index is 12.8. The van der Waals surface area contributed by atoms with E-state index in [2.05, 4.69) is 5.32 Å². The van der Waals surface area contributed by atoms with Crippen molar-refractivity contribution in [3.63, 3.8) is 0 Å². The second-order valence-electron chi connectivity index (χ2n) is 6.71. The van der Waals surface area contributed by atoms with E-state index in [0.717, 1.165) is 10.5 Å². The van der Waals surface area contributed by atoms with Gasteiger partial charge in [0.05, 0.1) is 32.2 Å². The van der Waals surface area contributed by atoms with Crippen molar-refractivity contribution >= 4 is 29.5 Å². The number of hydrogen-bond acceptors (Lipinski definition) is 5. The number of ether oxygens (including phenoxy) is 1. The lowest BCUT2D eigenvalue weighted by molar-refractivity contribution is -0.145. The minimum Gasteiger partial charge on any atom is -0.377 e. The first-order valence-electron chi connectivity index (χ1n) is 9.11.